The molecule has 1 aromatic heterocycles. The average molecular weight is 345 g/mol. The number of hydrogen-bond donors (Lipinski definition) is 1. The molecule has 0 spiro atoms. The van der Waals surface area contributed by atoms with Crippen LogP contribution in [0.2, 0.25) is 5.02 Å². The van der Waals surface area contributed by atoms with Crippen molar-refractivity contribution in [1.29, 1.82) is 0 Å². The molecule has 0 atom stereocenters. The Balaban J connectivity index is 1.83. The van der Waals surface area contributed by atoms with E-state index in [2.05, 4.69) is 27.1 Å². The summed E-state index contributed by atoms with van der Waals surface area (Å²) >= 11 is 6.16. The maximum Gasteiger partial charge on any atom is 0.276 e. The highest BCUT2D eigenvalue weighted by molar-refractivity contribution is 6.34. The molecule has 0 saturated carbocycles. The van der Waals surface area contributed by atoms with Gasteiger partial charge in [-0.1, -0.05) is 43.1 Å². The standard InChI is InChI=1S/C18H21ClN4O/c1-2-7-13-8-3-4-9-15(13)21-17(24)16-14(19)12-20-18(22-16)23-10-5-6-11-23/h3-4,8-9,12H,2,5-7,10-11H2,1H3,(H,21,24). The van der Waals surface area contributed by atoms with Crippen molar-refractivity contribution in [2.24, 2.45) is 0 Å². The van der Waals surface area contributed by atoms with Gasteiger partial charge in [-0.3, -0.25) is 4.79 Å². The van der Waals surface area contributed by atoms with E-state index < -0.39 is 0 Å². The fraction of sp³-hybridized carbons (Fsp3) is 0.389. The molecule has 1 amide bonds. The molecule has 0 aliphatic carbocycles. The van der Waals surface area contributed by atoms with Crippen LogP contribution in [0.5, 0.6) is 0 Å². The summed E-state index contributed by atoms with van der Waals surface area (Å²) in [5.74, 6) is 0.273. The molecule has 1 N–H and O–H groups in total. The van der Waals surface area contributed by atoms with Crippen molar-refractivity contribution in [3.63, 3.8) is 0 Å². The molecule has 6 heteroatoms. The topological polar surface area (TPSA) is 58.1 Å². The van der Waals surface area contributed by atoms with Gasteiger partial charge in [0.1, 0.15) is 0 Å². The van der Waals surface area contributed by atoms with Crippen LogP contribution in [0.3, 0.4) is 0 Å². The molecule has 1 aromatic carbocycles. The number of aryl methyl sites for hydroxylation is 1. The quantitative estimate of drug-likeness (QED) is 0.892. The maximum absolute atomic E-state index is 12.7. The van der Waals surface area contributed by atoms with Gasteiger partial charge in [0, 0.05) is 18.8 Å². The van der Waals surface area contributed by atoms with Crippen LogP contribution in [0.15, 0.2) is 30.5 Å². The third-order valence-corrected chi connectivity index (χ3v) is 4.40. The monoisotopic (exact) mass is 344 g/mol. The molecule has 24 heavy (non-hydrogen) atoms. The van der Waals surface area contributed by atoms with Crippen LogP contribution in [0.25, 0.3) is 0 Å². The van der Waals surface area contributed by atoms with Crippen molar-refractivity contribution in [3.05, 3.63) is 46.7 Å². The molecule has 1 aliphatic heterocycles. The maximum atomic E-state index is 12.7. The number of benzene rings is 1. The van der Waals surface area contributed by atoms with E-state index in [0.717, 1.165) is 50.0 Å². The van der Waals surface area contributed by atoms with Crippen LogP contribution in [-0.4, -0.2) is 29.0 Å². The number of rotatable bonds is 5. The minimum Gasteiger partial charge on any atom is -0.341 e. The molecule has 1 saturated heterocycles. The predicted molar refractivity (Wildman–Crippen MR) is 96.9 cm³/mol. The molecule has 2 aromatic rings. The summed E-state index contributed by atoms with van der Waals surface area (Å²) < 4.78 is 0. The molecule has 1 fully saturated rings. The zero-order chi connectivity index (χ0) is 16.9. The first-order valence-electron chi connectivity index (χ1n) is 8.35. The average Bonchev–Trinajstić information content (AvgIpc) is 3.12. The van der Waals surface area contributed by atoms with Crippen LogP contribution in [0.4, 0.5) is 11.6 Å². The van der Waals surface area contributed by atoms with E-state index in [1.807, 2.05) is 24.3 Å². The van der Waals surface area contributed by atoms with Gasteiger partial charge in [-0.05, 0) is 30.9 Å². The second-order valence-electron chi connectivity index (χ2n) is 5.92. The Hall–Kier alpha value is -2.14. The van der Waals surface area contributed by atoms with Crippen LogP contribution in [-0.2, 0) is 6.42 Å². The molecule has 0 bridgehead atoms. The number of carbonyl (C=O) groups excluding carboxylic acids is 1. The first kappa shape index (κ1) is 16.7. The Morgan fingerprint density at radius 1 is 1.29 bits per heavy atom. The number of aromatic nitrogens is 2. The normalized spacial score (nSPS) is 14.0. The van der Waals surface area contributed by atoms with Gasteiger partial charge in [-0.2, -0.15) is 0 Å². The zero-order valence-corrected chi connectivity index (χ0v) is 14.5. The molecule has 3 rings (SSSR count). The molecule has 1 aliphatic rings. The first-order valence-corrected chi connectivity index (χ1v) is 8.73. The van der Waals surface area contributed by atoms with Gasteiger partial charge in [0.25, 0.3) is 5.91 Å². The molecular formula is C18H21ClN4O. The van der Waals surface area contributed by atoms with E-state index in [-0.39, 0.29) is 16.6 Å². The highest BCUT2D eigenvalue weighted by Gasteiger charge is 2.20. The van der Waals surface area contributed by atoms with Gasteiger partial charge in [-0.25, -0.2) is 9.97 Å². The number of hydrogen-bond acceptors (Lipinski definition) is 4. The lowest BCUT2D eigenvalue weighted by Gasteiger charge is -2.16. The van der Waals surface area contributed by atoms with Crippen molar-refractivity contribution in [3.8, 4) is 0 Å². The number of nitrogens with one attached hydrogen (secondary N) is 1. The van der Waals surface area contributed by atoms with Crippen molar-refractivity contribution in [2.45, 2.75) is 32.6 Å². The van der Waals surface area contributed by atoms with Gasteiger partial charge in [0.15, 0.2) is 5.69 Å². The van der Waals surface area contributed by atoms with Crippen LogP contribution in [0, 0.1) is 0 Å². The predicted octanol–water partition coefficient (Wildman–Crippen LogP) is 3.94. The van der Waals surface area contributed by atoms with Gasteiger partial charge in [0.2, 0.25) is 5.95 Å². The Morgan fingerprint density at radius 2 is 2.04 bits per heavy atom. The number of nitrogens with zero attached hydrogens (tertiary/aromatic N) is 3. The van der Waals surface area contributed by atoms with Gasteiger partial charge in [0.05, 0.1) is 11.2 Å². The molecule has 126 valence electrons. The zero-order valence-electron chi connectivity index (χ0n) is 13.8. The summed E-state index contributed by atoms with van der Waals surface area (Å²) in [5.41, 5.74) is 2.14. The van der Waals surface area contributed by atoms with E-state index in [1.165, 1.54) is 6.20 Å². The number of anilines is 2. The lowest BCUT2D eigenvalue weighted by molar-refractivity contribution is 0.102. The van der Waals surface area contributed by atoms with E-state index in [4.69, 9.17) is 11.6 Å². The number of amides is 1. The van der Waals surface area contributed by atoms with Crippen molar-refractivity contribution >= 4 is 29.1 Å². The Bertz CT molecular complexity index is 729. The van der Waals surface area contributed by atoms with Crippen LogP contribution < -0.4 is 10.2 Å². The first-order chi connectivity index (χ1) is 11.7. The van der Waals surface area contributed by atoms with Crippen LogP contribution >= 0.6 is 11.6 Å². The van der Waals surface area contributed by atoms with Crippen LogP contribution in [0.1, 0.15) is 42.2 Å². The summed E-state index contributed by atoms with van der Waals surface area (Å²) in [6, 6.07) is 7.81. The highest BCUT2D eigenvalue weighted by atomic mass is 35.5. The fourth-order valence-corrected chi connectivity index (χ4v) is 3.07. The third-order valence-electron chi connectivity index (χ3n) is 4.12. The summed E-state index contributed by atoms with van der Waals surface area (Å²) in [4.78, 5) is 23.4. The molecule has 0 radical (unpaired) electrons. The lowest BCUT2D eigenvalue weighted by atomic mass is 10.1. The van der Waals surface area contributed by atoms with E-state index in [0.29, 0.717) is 5.95 Å². The van der Waals surface area contributed by atoms with Gasteiger partial charge in [-0.15, -0.1) is 0 Å². The molecule has 0 unspecified atom stereocenters. The second-order valence-corrected chi connectivity index (χ2v) is 6.33. The minimum atomic E-state index is -0.300. The molecular weight excluding hydrogens is 324 g/mol. The Kier molecular flexibility index (Phi) is 5.30. The Morgan fingerprint density at radius 3 is 2.79 bits per heavy atom. The number of para-hydroxylation sites is 1. The summed E-state index contributed by atoms with van der Waals surface area (Å²) in [5, 5.41) is 3.21. The van der Waals surface area contributed by atoms with Crippen molar-refractivity contribution < 1.29 is 4.79 Å². The third kappa shape index (κ3) is 3.67. The van der Waals surface area contributed by atoms with Crippen molar-refractivity contribution in [2.75, 3.05) is 23.3 Å². The van der Waals surface area contributed by atoms with E-state index in [1.54, 1.807) is 0 Å². The highest BCUT2D eigenvalue weighted by Crippen LogP contribution is 2.22. The fourth-order valence-electron chi connectivity index (χ4n) is 2.90. The Labute approximate surface area is 147 Å². The molecule has 5 nitrogen and oxygen atoms in total. The number of carbonyl (C=O) groups is 1. The minimum absolute atomic E-state index is 0.222. The van der Waals surface area contributed by atoms with Crippen molar-refractivity contribution in [1.82, 2.24) is 9.97 Å². The van der Waals surface area contributed by atoms with E-state index in [9.17, 15) is 4.79 Å². The largest absolute Gasteiger partial charge is 0.341 e. The smallest absolute Gasteiger partial charge is 0.276 e. The molecule has 2 heterocycles. The van der Waals surface area contributed by atoms with Gasteiger partial charge >= 0.3 is 0 Å². The summed E-state index contributed by atoms with van der Waals surface area (Å²) in [6.07, 6.45) is 5.68. The second kappa shape index (κ2) is 7.62. The summed E-state index contributed by atoms with van der Waals surface area (Å²) in [7, 11) is 0. The van der Waals surface area contributed by atoms with Gasteiger partial charge < -0.3 is 10.2 Å². The van der Waals surface area contributed by atoms with E-state index >= 15 is 0 Å². The summed E-state index contributed by atoms with van der Waals surface area (Å²) in [6.45, 7) is 3.95. The SMILES string of the molecule is CCCc1ccccc1NC(=O)c1nc(N2CCCC2)ncc1Cl. The lowest BCUT2D eigenvalue weighted by Crippen LogP contribution is -2.23. The number of halogens is 1.